The van der Waals surface area contributed by atoms with Crippen LogP contribution in [0.4, 0.5) is 0 Å². The summed E-state index contributed by atoms with van der Waals surface area (Å²) in [5, 5.41) is 8.59. The van der Waals surface area contributed by atoms with E-state index in [1.165, 1.54) is 17.0 Å². The first-order valence-corrected chi connectivity index (χ1v) is 6.13. The number of carboxylic acids is 1. The third kappa shape index (κ3) is 3.23. The number of benzene rings is 1. The van der Waals surface area contributed by atoms with Crippen molar-refractivity contribution in [2.24, 2.45) is 0 Å². The van der Waals surface area contributed by atoms with E-state index in [9.17, 15) is 14.4 Å². The minimum Gasteiger partial charge on any atom is -0.481 e. The van der Waals surface area contributed by atoms with Crippen molar-refractivity contribution in [2.75, 3.05) is 0 Å². The second kappa shape index (κ2) is 6.01. The van der Waals surface area contributed by atoms with Gasteiger partial charge in [-0.3, -0.25) is 14.4 Å². The zero-order valence-corrected chi connectivity index (χ0v) is 10.7. The van der Waals surface area contributed by atoms with Crippen molar-refractivity contribution in [2.45, 2.75) is 19.5 Å². The zero-order valence-electron chi connectivity index (χ0n) is 10.7. The Bertz CT molecular complexity index is 716. The molecule has 6 heteroatoms. The number of hydrogen-bond acceptors (Lipinski definition) is 3. The number of aromatic nitrogens is 2. The van der Waals surface area contributed by atoms with Gasteiger partial charge in [0.2, 0.25) is 0 Å². The summed E-state index contributed by atoms with van der Waals surface area (Å²) in [6.07, 6.45) is 2.75. The van der Waals surface area contributed by atoms with Gasteiger partial charge in [-0.05, 0) is 5.56 Å². The highest BCUT2D eigenvalue weighted by molar-refractivity contribution is 5.66. The third-order valence-corrected chi connectivity index (χ3v) is 2.89. The molecule has 0 spiro atoms. The van der Waals surface area contributed by atoms with Gasteiger partial charge in [0.1, 0.15) is 0 Å². The summed E-state index contributed by atoms with van der Waals surface area (Å²) in [5.41, 5.74) is -0.441. The first-order valence-electron chi connectivity index (χ1n) is 6.13. The van der Waals surface area contributed by atoms with Crippen molar-refractivity contribution in [3.63, 3.8) is 0 Å². The molecular formula is C14H14N2O4. The summed E-state index contributed by atoms with van der Waals surface area (Å²) in [6, 6.07) is 9.31. The normalized spacial score (nSPS) is 10.4. The number of aryl methyl sites for hydroxylation is 1. The van der Waals surface area contributed by atoms with Crippen molar-refractivity contribution >= 4 is 5.97 Å². The maximum absolute atomic E-state index is 11.9. The molecule has 0 unspecified atom stereocenters. The van der Waals surface area contributed by atoms with E-state index in [1.807, 2.05) is 30.3 Å². The van der Waals surface area contributed by atoms with Gasteiger partial charge < -0.3 is 14.2 Å². The lowest BCUT2D eigenvalue weighted by atomic mass is 10.2. The number of rotatable bonds is 5. The molecule has 0 fully saturated rings. The molecule has 6 nitrogen and oxygen atoms in total. The summed E-state index contributed by atoms with van der Waals surface area (Å²) < 4.78 is 2.44. The molecule has 104 valence electrons. The van der Waals surface area contributed by atoms with E-state index in [1.54, 1.807) is 0 Å². The van der Waals surface area contributed by atoms with Gasteiger partial charge in [-0.1, -0.05) is 30.3 Å². The summed E-state index contributed by atoms with van der Waals surface area (Å²) in [4.78, 5) is 34.2. The lowest BCUT2D eigenvalue weighted by Crippen LogP contribution is -2.40. The van der Waals surface area contributed by atoms with Crippen LogP contribution in [-0.4, -0.2) is 20.2 Å². The third-order valence-electron chi connectivity index (χ3n) is 2.89. The second-order valence-corrected chi connectivity index (χ2v) is 4.36. The van der Waals surface area contributed by atoms with E-state index in [0.29, 0.717) is 6.54 Å². The van der Waals surface area contributed by atoms with Crippen molar-refractivity contribution in [3.8, 4) is 0 Å². The Kier molecular flexibility index (Phi) is 4.14. The Balaban J connectivity index is 2.25. The number of nitrogens with zero attached hydrogens (tertiary/aromatic N) is 2. The molecule has 0 radical (unpaired) electrons. The zero-order chi connectivity index (χ0) is 14.5. The van der Waals surface area contributed by atoms with Crippen LogP contribution in [0.15, 0.2) is 52.3 Å². The van der Waals surface area contributed by atoms with Crippen molar-refractivity contribution in [1.82, 2.24) is 9.13 Å². The summed E-state index contributed by atoms with van der Waals surface area (Å²) in [6.45, 7) is 0.310. The maximum Gasteiger partial charge on any atom is 0.316 e. The van der Waals surface area contributed by atoms with Crippen LogP contribution in [-0.2, 0) is 17.9 Å². The van der Waals surface area contributed by atoms with E-state index in [-0.39, 0.29) is 13.0 Å². The Labute approximate surface area is 114 Å². The number of carboxylic acid groups (broad SMARTS) is 1. The fourth-order valence-electron chi connectivity index (χ4n) is 1.84. The molecule has 0 saturated carbocycles. The fraction of sp³-hybridized carbons (Fsp3) is 0.214. The highest BCUT2D eigenvalue weighted by Gasteiger charge is 2.06. The van der Waals surface area contributed by atoms with Crippen LogP contribution in [0.25, 0.3) is 0 Å². The SMILES string of the molecule is O=C(O)CCn1ccn(Cc2ccccc2)c(=O)c1=O. The summed E-state index contributed by atoms with van der Waals surface area (Å²) >= 11 is 0. The van der Waals surface area contributed by atoms with Gasteiger partial charge in [0.25, 0.3) is 0 Å². The average Bonchev–Trinajstić information content (AvgIpc) is 2.44. The molecule has 1 aromatic carbocycles. The molecule has 2 rings (SSSR count). The lowest BCUT2D eigenvalue weighted by Gasteiger charge is -2.08. The topological polar surface area (TPSA) is 81.3 Å². The van der Waals surface area contributed by atoms with E-state index >= 15 is 0 Å². The lowest BCUT2D eigenvalue weighted by molar-refractivity contribution is -0.137. The van der Waals surface area contributed by atoms with Gasteiger partial charge in [-0.15, -0.1) is 0 Å². The van der Waals surface area contributed by atoms with E-state index in [2.05, 4.69) is 0 Å². The van der Waals surface area contributed by atoms with Crippen LogP contribution in [0.3, 0.4) is 0 Å². The number of hydrogen-bond donors (Lipinski definition) is 1. The first kappa shape index (κ1) is 13.8. The van der Waals surface area contributed by atoms with Crippen LogP contribution in [0.5, 0.6) is 0 Å². The molecule has 0 amide bonds. The molecule has 0 bridgehead atoms. The molecule has 0 atom stereocenters. The van der Waals surface area contributed by atoms with Gasteiger partial charge in [0, 0.05) is 18.9 Å². The predicted molar refractivity (Wildman–Crippen MR) is 72.8 cm³/mol. The van der Waals surface area contributed by atoms with Crippen LogP contribution in [0, 0.1) is 0 Å². The van der Waals surface area contributed by atoms with Crippen LogP contribution in [0.2, 0.25) is 0 Å². The van der Waals surface area contributed by atoms with Gasteiger partial charge in [0.15, 0.2) is 0 Å². The Morgan fingerprint density at radius 3 is 2.25 bits per heavy atom. The molecule has 1 aromatic heterocycles. The van der Waals surface area contributed by atoms with E-state index in [0.717, 1.165) is 10.1 Å². The monoisotopic (exact) mass is 274 g/mol. The molecule has 1 heterocycles. The van der Waals surface area contributed by atoms with Crippen LogP contribution >= 0.6 is 0 Å². The molecule has 2 aromatic rings. The standard InChI is InChI=1S/C14H14N2O4/c17-12(18)6-7-15-8-9-16(14(20)13(15)19)10-11-4-2-1-3-5-11/h1-5,8-9H,6-7,10H2,(H,17,18). The van der Waals surface area contributed by atoms with Crippen LogP contribution < -0.4 is 11.1 Å². The van der Waals surface area contributed by atoms with Crippen LogP contribution in [0.1, 0.15) is 12.0 Å². The van der Waals surface area contributed by atoms with Gasteiger partial charge in [-0.25, -0.2) is 0 Å². The molecule has 0 aliphatic carbocycles. The molecule has 0 aliphatic heterocycles. The quantitative estimate of drug-likeness (QED) is 0.806. The molecular weight excluding hydrogens is 260 g/mol. The Morgan fingerprint density at radius 2 is 1.60 bits per heavy atom. The van der Waals surface area contributed by atoms with Gasteiger partial charge in [0.05, 0.1) is 13.0 Å². The first-order chi connectivity index (χ1) is 9.58. The largest absolute Gasteiger partial charge is 0.481 e. The van der Waals surface area contributed by atoms with E-state index < -0.39 is 17.1 Å². The summed E-state index contributed by atoms with van der Waals surface area (Å²) in [7, 11) is 0. The van der Waals surface area contributed by atoms with Crippen molar-refractivity contribution in [3.05, 3.63) is 69.0 Å². The molecule has 0 saturated heterocycles. The highest BCUT2D eigenvalue weighted by Crippen LogP contribution is 1.99. The van der Waals surface area contributed by atoms with Crippen molar-refractivity contribution in [1.29, 1.82) is 0 Å². The number of carbonyl (C=O) groups is 1. The fourth-order valence-corrected chi connectivity index (χ4v) is 1.84. The molecule has 20 heavy (non-hydrogen) atoms. The molecule has 1 N–H and O–H groups in total. The van der Waals surface area contributed by atoms with E-state index in [4.69, 9.17) is 5.11 Å². The number of aliphatic carboxylic acids is 1. The minimum absolute atomic E-state index is 0.00438. The van der Waals surface area contributed by atoms with Gasteiger partial charge >= 0.3 is 17.1 Å². The summed E-state index contributed by atoms with van der Waals surface area (Å²) in [5.74, 6) is -1.01. The predicted octanol–water partition coefficient (Wildman–Crippen LogP) is 0.533. The maximum atomic E-state index is 11.9. The smallest absolute Gasteiger partial charge is 0.316 e. The van der Waals surface area contributed by atoms with Crippen molar-refractivity contribution < 1.29 is 9.90 Å². The second-order valence-electron chi connectivity index (χ2n) is 4.36. The minimum atomic E-state index is -1.01. The Hall–Kier alpha value is -2.63. The van der Waals surface area contributed by atoms with Gasteiger partial charge in [-0.2, -0.15) is 0 Å². The highest BCUT2D eigenvalue weighted by atomic mass is 16.4. The average molecular weight is 274 g/mol. The molecule has 0 aliphatic rings. The Morgan fingerprint density at radius 1 is 1.00 bits per heavy atom.